The van der Waals surface area contributed by atoms with Gasteiger partial charge in [-0.25, -0.2) is 4.39 Å². The van der Waals surface area contributed by atoms with E-state index in [1.807, 2.05) is 6.07 Å². The summed E-state index contributed by atoms with van der Waals surface area (Å²) in [6.45, 7) is -0.336. The van der Waals surface area contributed by atoms with Gasteiger partial charge in [0.25, 0.3) is 5.56 Å². The average molecular weight is 492 g/mol. The molecule has 0 bridgehead atoms. The lowest BCUT2D eigenvalue weighted by Crippen LogP contribution is -2.49. The average Bonchev–Trinajstić information content (AvgIpc) is 3.41. The number of para-hydroxylation sites is 1. The van der Waals surface area contributed by atoms with Crippen molar-refractivity contribution in [3.63, 3.8) is 0 Å². The third-order valence-electron chi connectivity index (χ3n) is 7.10. The topological polar surface area (TPSA) is 101 Å². The molecule has 2 aromatic carbocycles. The summed E-state index contributed by atoms with van der Waals surface area (Å²) in [5, 5.41) is 13.2. The third kappa shape index (κ3) is 4.00. The number of carbonyl (C=O) groups excluding carboxylic acids is 2. The van der Waals surface area contributed by atoms with Gasteiger partial charge in [-0.1, -0.05) is 30.3 Å². The quantitative estimate of drug-likeness (QED) is 0.552. The molecule has 0 spiro atoms. The molecule has 5 rings (SSSR count). The number of rotatable bonds is 6. The van der Waals surface area contributed by atoms with Crippen LogP contribution in [0.1, 0.15) is 11.7 Å². The molecule has 2 aliphatic heterocycles. The van der Waals surface area contributed by atoms with Gasteiger partial charge in [0.2, 0.25) is 11.8 Å². The van der Waals surface area contributed by atoms with Crippen molar-refractivity contribution in [2.45, 2.75) is 18.6 Å². The Labute approximate surface area is 206 Å². The number of amides is 2. The van der Waals surface area contributed by atoms with Gasteiger partial charge in [0, 0.05) is 49.0 Å². The maximum atomic E-state index is 13.4. The summed E-state index contributed by atoms with van der Waals surface area (Å²) >= 11 is 0. The van der Waals surface area contributed by atoms with E-state index in [0.29, 0.717) is 22.5 Å². The van der Waals surface area contributed by atoms with Gasteiger partial charge in [-0.15, -0.1) is 0 Å². The number of hydrogen-bond acceptors (Lipinski definition) is 5. The minimum absolute atomic E-state index is 0.241. The van der Waals surface area contributed by atoms with E-state index < -0.39 is 35.6 Å². The molecule has 2 N–H and O–H groups in total. The normalized spacial score (nSPS) is 22.2. The van der Waals surface area contributed by atoms with Crippen LogP contribution in [0.3, 0.4) is 0 Å². The van der Waals surface area contributed by atoms with Crippen LogP contribution in [0.2, 0.25) is 0 Å². The van der Waals surface area contributed by atoms with Crippen LogP contribution in [0, 0.1) is 17.7 Å². The third-order valence-corrected chi connectivity index (χ3v) is 7.10. The van der Waals surface area contributed by atoms with E-state index in [0.717, 1.165) is 0 Å². The number of hydrogen-bond donors (Lipinski definition) is 2. The van der Waals surface area contributed by atoms with Crippen LogP contribution >= 0.6 is 0 Å². The van der Waals surface area contributed by atoms with Crippen LogP contribution < -0.4 is 10.9 Å². The number of anilines is 1. The number of halogens is 1. The second kappa shape index (κ2) is 9.67. The number of methoxy groups -OCH3 is 1. The lowest BCUT2D eigenvalue weighted by atomic mass is 9.88. The highest BCUT2D eigenvalue weighted by Crippen LogP contribution is 2.49. The fourth-order valence-electron chi connectivity index (χ4n) is 5.55. The van der Waals surface area contributed by atoms with Gasteiger partial charge in [-0.2, -0.15) is 0 Å². The van der Waals surface area contributed by atoms with Gasteiger partial charge in [0.05, 0.1) is 6.04 Å². The maximum absolute atomic E-state index is 13.4. The molecular weight excluding hydrogens is 465 g/mol. The standard InChI is InChI=1S/C27H26FN3O5/c1-36-15-23(33)31-24-20(21(14-32)25(31)26(34)29-18-5-3-2-4-6-18)13-30-22(24)12-11-19(27(30)35)16-7-9-17(28)10-8-16/h2-12,20-21,24-25,32H,13-15H2,1H3,(H,29,34)/t20-,21-,24+,25-/m0/s1. The summed E-state index contributed by atoms with van der Waals surface area (Å²) in [4.78, 5) is 41.6. The Morgan fingerprint density at radius 2 is 1.81 bits per heavy atom. The van der Waals surface area contributed by atoms with E-state index in [9.17, 15) is 23.9 Å². The molecular formula is C27H26FN3O5. The summed E-state index contributed by atoms with van der Waals surface area (Å²) in [6, 6.07) is 16.5. The van der Waals surface area contributed by atoms with Gasteiger partial charge >= 0.3 is 0 Å². The lowest BCUT2D eigenvalue weighted by molar-refractivity contribution is -0.143. The Balaban J connectivity index is 1.55. The van der Waals surface area contributed by atoms with E-state index in [1.54, 1.807) is 53.1 Å². The highest BCUT2D eigenvalue weighted by Gasteiger charge is 2.57. The predicted octanol–water partition coefficient (Wildman–Crippen LogP) is 2.43. The molecule has 8 nitrogen and oxygen atoms in total. The molecule has 3 heterocycles. The smallest absolute Gasteiger partial charge is 0.258 e. The second-order valence-electron chi connectivity index (χ2n) is 9.08. The van der Waals surface area contributed by atoms with Crippen molar-refractivity contribution in [1.29, 1.82) is 0 Å². The number of aliphatic hydroxyl groups is 1. The predicted molar refractivity (Wildman–Crippen MR) is 130 cm³/mol. The minimum atomic E-state index is -0.937. The van der Waals surface area contributed by atoms with Crippen molar-refractivity contribution in [1.82, 2.24) is 9.47 Å². The molecule has 1 fully saturated rings. The molecule has 9 heteroatoms. The Bertz CT molecular complexity index is 1340. The number of likely N-dealkylation sites (tertiary alicyclic amines) is 1. The summed E-state index contributed by atoms with van der Waals surface area (Å²) in [5.74, 6) is -2.14. The molecule has 4 atom stereocenters. The highest BCUT2D eigenvalue weighted by atomic mass is 19.1. The van der Waals surface area contributed by atoms with Crippen molar-refractivity contribution < 1.29 is 23.8 Å². The van der Waals surface area contributed by atoms with Crippen LogP contribution in [0.15, 0.2) is 71.5 Å². The van der Waals surface area contributed by atoms with Gasteiger partial charge < -0.3 is 24.6 Å². The van der Waals surface area contributed by atoms with Crippen molar-refractivity contribution in [2.24, 2.45) is 11.8 Å². The molecule has 0 aliphatic carbocycles. The van der Waals surface area contributed by atoms with Crippen LogP contribution in [-0.4, -0.2) is 52.8 Å². The molecule has 1 aromatic heterocycles. The van der Waals surface area contributed by atoms with E-state index in [-0.39, 0.29) is 31.2 Å². The van der Waals surface area contributed by atoms with E-state index in [4.69, 9.17) is 4.74 Å². The van der Waals surface area contributed by atoms with Crippen LogP contribution in [0.4, 0.5) is 10.1 Å². The van der Waals surface area contributed by atoms with Crippen LogP contribution in [0.5, 0.6) is 0 Å². The summed E-state index contributed by atoms with van der Waals surface area (Å²) in [5.41, 5.74) is 1.90. The minimum Gasteiger partial charge on any atom is -0.396 e. The Kier molecular flexibility index (Phi) is 6.42. The fraction of sp³-hybridized carbons (Fsp3) is 0.296. The first-order chi connectivity index (χ1) is 17.4. The number of fused-ring (bicyclic) bond motifs is 3. The number of aromatic nitrogens is 1. The second-order valence-corrected chi connectivity index (χ2v) is 9.08. The summed E-state index contributed by atoms with van der Waals surface area (Å²) in [7, 11) is 1.40. The van der Waals surface area contributed by atoms with E-state index in [1.165, 1.54) is 24.1 Å². The van der Waals surface area contributed by atoms with Crippen molar-refractivity contribution >= 4 is 17.5 Å². The van der Waals surface area contributed by atoms with E-state index in [2.05, 4.69) is 5.32 Å². The summed E-state index contributed by atoms with van der Waals surface area (Å²) in [6.07, 6.45) is 0. The summed E-state index contributed by atoms with van der Waals surface area (Å²) < 4.78 is 20.1. The molecule has 2 amide bonds. The lowest BCUT2D eigenvalue weighted by Gasteiger charge is -2.31. The number of benzene rings is 2. The number of nitrogens with zero attached hydrogens (tertiary/aromatic N) is 2. The zero-order valence-electron chi connectivity index (χ0n) is 19.6. The molecule has 186 valence electrons. The molecule has 0 unspecified atom stereocenters. The van der Waals surface area contributed by atoms with Crippen LogP contribution in [0.25, 0.3) is 11.1 Å². The van der Waals surface area contributed by atoms with E-state index >= 15 is 0 Å². The largest absolute Gasteiger partial charge is 0.396 e. The zero-order chi connectivity index (χ0) is 25.4. The number of aliphatic hydroxyl groups excluding tert-OH is 1. The molecule has 2 aliphatic rings. The van der Waals surface area contributed by atoms with Gasteiger partial charge in [0.15, 0.2) is 0 Å². The molecule has 1 saturated heterocycles. The number of carbonyl (C=O) groups is 2. The monoisotopic (exact) mass is 491 g/mol. The van der Waals surface area contributed by atoms with Gasteiger partial charge in [-0.05, 0) is 42.0 Å². The zero-order valence-corrected chi connectivity index (χ0v) is 19.6. The number of ether oxygens (including phenoxy) is 1. The highest BCUT2D eigenvalue weighted by molar-refractivity contribution is 5.98. The molecule has 36 heavy (non-hydrogen) atoms. The van der Waals surface area contributed by atoms with Crippen LogP contribution in [-0.2, 0) is 20.9 Å². The maximum Gasteiger partial charge on any atom is 0.258 e. The first-order valence-corrected chi connectivity index (χ1v) is 11.7. The first kappa shape index (κ1) is 23.9. The van der Waals surface area contributed by atoms with Crippen molar-refractivity contribution in [3.8, 4) is 11.1 Å². The molecule has 0 radical (unpaired) electrons. The number of pyridine rings is 1. The SMILES string of the molecule is COCC(=O)N1[C@H](C(=O)Nc2ccccc2)[C@@H](CO)[C@@H]2Cn3c(ccc(-c4ccc(F)cc4)c3=O)[C@@H]21. The van der Waals surface area contributed by atoms with Gasteiger partial charge in [-0.3, -0.25) is 14.4 Å². The number of nitrogens with one attached hydrogen (secondary N) is 1. The molecule has 3 aromatic rings. The Morgan fingerprint density at radius 1 is 1.08 bits per heavy atom. The fourth-order valence-corrected chi connectivity index (χ4v) is 5.55. The van der Waals surface area contributed by atoms with Crippen molar-refractivity contribution in [3.05, 3.63) is 88.6 Å². The van der Waals surface area contributed by atoms with Crippen molar-refractivity contribution in [2.75, 3.05) is 25.6 Å². The Hall–Kier alpha value is -3.82. The van der Waals surface area contributed by atoms with Gasteiger partial charge in [0.1, 0.15) is 18.5 Å². The molecule has 0 saturated carbocycles. The first-order valence-electron chi connectivity index (χ1n) is 11.7. The Morgan fingerprint density at radius 3 is 2.47 bits per heavy atom.